The summed E-state index contributed by atoms with van der Waals surface area (Å²) in [5.41, 5.74) is 0. The Morgan fingerprint density at radius 2 is 0.923 bits per heavy atom. The molecule has 0 saturated carbocycles. The first-order chi connectivity index (χ1) is 6.45. The Morgan fingerprint density at radius 1 is 0.538 bits per heavy atom. The van der Waals surface area contributed by atoms with Gasteiger partial charge in [0.2, 0.25) is 0 Å². The van der Waals surface area contributed by atoms with Crippen molar-refractivity contribution in [1.82, 2.24) is 0 Å². The highest BCUT2D eigenvalue weighted by Crippen LogP contribution is 2.57. The smallest absolute Gasteiger partial charge is 0.0340 e. The van der Waals surface area contributed by atoms with E-state index >= 15 is 0 Å². The summed E-state index contributed by atoms with van der Waals surface area (Å²) in [4.78, 5) is 0. The minimum atomic E-state index is 0.0342. The second-order valence-corrected chi connectivity index (χ2v) is 8.43. The van der Waals surface area contributed by atoms with Crippen LogP contribution in [0.4, 0.5) is 0 Å². The first-order valence-electron chi connectivity index (χ1n) is 5.63. The average molecular weight is 218 g/mol. The van der Waals surface area contributed by atoms with Gasteiger partial charge in [0.1, 0.15) is 0 Å². The quantitative estimate of drug-likeness (QED) is 0.632. The molecule has 76 valence electrons. The highest BCUT2D eigenvalue weighted by atomic mass is 31.2. The summed E-state index contributed by atoms with van der Waals surface area (Å²) in [6.07, 6.45) is 14.3. The molecule has 0 radical (unpaired) electrons. The van der Waals surface area contributed by atoms with Gasteiger partial charge >= 0.3 is 0 Å². The SMILES string of the molecule is C1CCP(OP2CCCCC2)CC1. The molecule has 2 rings (SSSR count). The maximum atomic E-state index is 6.26. The summed E-state index contributed by atoms with van der Waals surface area (Å²) in [6.45, 7) is 0. The predicted octanol–water partition coefficient (Wildman–Crippen LogP) is 4.16. The van der Waals surface area contributed by atoms with E-state index in [0.29, 0.717) is 0 Å². The predicted molar refractivity (Wildman–Crippen MR) is 62.1 cm³/mol. The Bertz CT molecular complexity index is 124. The van der Waals surface area contributed by atoms with Crippen molar-refractivity contribution in [3.63, 3.8) is 0 Å². The van der Waals surface area contributed by atoms with Gasteiger partial charge in [-0.15, -0.1) is 0 Å². The van der Waals surface area contributed by atoms with Crippen molar-refractivity contribution in [2.24, 2.45) is 0 Å². The van der Waals surface area contributed by atoms with Gasteiger partial charge in [-0.2, -0.15) is 0 Å². The van der Waals surface area contributed by atoms with Crippen LogP contribution in [0, 0.1) is 0 Å². The fourth-order valence-electron chi connectivity index (χ4n) is 2.06. The minimum absolute atomic E-state index is 0.0342. The van der Waals surface area contributed by atoms with E-state index < -0.39 is 0 Å². The molecule has 0 bridgehead atoms. The monoisotopic (exact) mass is 218 g/mol. The Kier molecular flexibility index (Phi) is 4.49. The lowest BCUT2D eigenvalue weighted by Gasteiger charge is -2.29. The lowest BCUT2D eigenvalue weighted by molar-refractivity contribution is 0.610. The fraction of sp³-hybridized carbons (Fsp3) is 1.00. The third-order valence-corrected chi connectivity index (χ3v) is 7.97. The molecule has 0 atom stereocenters. The molecule has 0 N–H and O–H groups in total. The van der Waals surface area contributed by atoms with Gasteiger partial charge in [0.25, 0.3) is 0 Å². The van der Waals surface area contributed by atoms with Gasteiger partial charge in [-0.1, -0.05) is 12.8 Å². The lowest BCUT2D eigenvalue weighted by atomic mass is 10.3. The van der Waals surface area contributed by atoms with Crippen LogP contribution in [0.1, 0.15) is 38.5 Å². The van der Waals surface area contributed by atoms with E-state index in [9.17, 15) is 0 Å². The third-order valence-electron chi connectivity index (χ3n) is 2.86. The van der Waals surface area contributed by atoms with Crippen LogP contribution in [0.3, 0.4) is 0 Å². The van der Waals surface area contributed by atoms with Gasteiger partial charge in [-0.25, -0.2) is 0 Å². The van der Waals surface area contributed by atoms with Crippen molar-refractivity contribution in [2.45, 2.75) is 38.5 Å². The molecule has 2 saturated heterocycles. The summed E-state index contributed by atoms with van der Waals surface area (Å²) >= 11 is 0. The molecule has 0 spiro atoms. The Balaban J connectivity index is 1.69. The molecule has 0 aromatic rings. The van der Waals surface area contributed by atoms with Crippen LogP contribution >= 0.6 is 16.3 Å². The maximum Gasteiger partial charge on any atom is 0.0340 e. The Hall–Kier alpha value is 0.820. The molecule has 2 aliphatic heterocycles. The third kappa shape index (κ3) is 3.46. The molecule has 1 nitrogen and oxygen atoms in total. The van der Waals surface area contributed by atoms with E-state index in [4.69, 9.17) is 4.31 Å². The van der Waals surface area contributed by atoms with Crippen LogP contribution in [0.5, 0.6) is 0 Å². The highest BCUT2D eigenvalue weighted by Gasteiger charge is 2.20. The molecular weight excluding hydrogens is 198 g/mol. The van der Waals surface area contributed by atoms with Crippen LogP contribution in [-0.2, 0) is 4.31 Å². The van der Waals surface area contributed by atoms with E-state index in [-0.39, 0.29) is 16.3 Å². The number of hydrogen-bond donors (Lipinski definition) is 0. The summed E-state index contributed by atoms with van der Waals surface area (Å²) < 4.78 is 6.26. The molecule has 0 aliphatic carbocycles. The van der Waals surface area contributed by atoms with Crippen LogP contribution in [-0.4, -0.2) is 24.6 Å². The number of hydrogen-bond acceptors (Lipinski definition) is 1. The normalized spacial score (nSPS) is 27.7. The van der Waals surface area contributed by atoms with Gasteiger partial charge in [-0.05, 0) is 50.3 Å². The Morgan fingerprint density at radius 3 is 1.31 bits per heavy atom. The van der Waals surface area contributed by atoms with E-state index in [1.807, 2.05) is 0 Å². The van der Waals surface area contributed by atoms with Crippen LogP contribution in [0.15, 0.2) is 0 Å². The molecule has 2 aliphatic rings. The fourth-order valence-corrected chi connectivity index (χ4v) is 7.42. The van der Waals surface area contributed by atoms with E-state index in [0.717, 1.165) is 0 Å². The molecule has 13 heavy (non-hydrogen) atoms. The lowest BCUT2D eigenvalue weighted by Crippen LogP contribution is -2.04. The molecule has 2 heterocycles. The zero-order valence-electron chi connectivity index (χ0n) is 8.37. The summed E-state index contributed by atoms with van der Waals surface area (Å²) in [6, 6.07) is 0. The van der Waals surface area contributed by atoms with Gasteiger partial charge in [-0.3, -0.25) is 0 Å². The van der Waals surface area contributed by atoms with Crippen LogP contribution in [0.25, 0.3) is 0 Å². The zero-order valence-corrected chi connectivity index (χ0v) is 10.2. The second-order valence-electron chi connectivity index (χ2n) is 4.06. The van der Waals surface area contributed by atoms with E-state index in [1.165, 1.54) is 63.2 Å². The average Bonchev–Trinajstić information content (AvgIpc) is 2.21. The van der Waals surface area contributed by atoms with Crippen LogP contribution < -0.4 is 0 Å². The molecule has 0 amide bonds. The van der Waals surface area contributed by atoms with Gasteiger partial charge in [0.05, 0.1) is 0 Å². The first kappa shape index (κ1) is 10.3. The first-order valence-corrected chi connectivity index (χ1v) is 8.89. The van der Waals surface area contributed by atoms with E-state index in [2.05, 4.69) is 0 Å². The standard InChI is InChI=1S/C10H20OP2/c1-3-7-12(8-4-1)11-13-9-5-2-6-10-13/h1-10H2. The molecule has 2 fully saturated rings. The van der Waals surface area contributed by atoms with Crippen molar-refractivity contribution in [1.29, 1.82) is 0 Å². The molecule has 0 aromatic heterocycles. The second kappa shape index (κ2) is 5.64. The van der Waals surface area contributed by atoms with Crippen molar-refractivity contribution in [2.75, 3.05) is 24.6 Å². The molecule has 3 heteroatoms. The molecular formula is C10H20OP2. The largest absolute Gasteiger partial charge is 0.338 e. The zero-order chi connectivity index (χ0) is 8.93. The van der Waals surface area contributed by atoms with Crippen molar-refractivity contribution in [3.05, 3.63) is 0 Å². The van der Waals surface area contributed by atoms with Gasteiger partial charge < -0.3 is 4.31 Å². The molecule has 0 unspecified atom stereocenters. The van der Waals surface area contributed by atoms with Crippen LogP contribution in [0.2, 0.25) is 0 Å². The Labute approximate surface area is 84.3 Å². The maximum absolute atomic E-state index is 6.26. The van der Waals surface area contributed by atoms with Crippen molar-refractivity contribution >= 4 is 16.3 Å². The van der Waals surface area contributed by atoms with E-state index in [1.54, 1.807) is 0 Å². The topological polar surface area (TPSA) is 9.23 Å². The summed E-state index contributed by atoms with van der Waals surface area (Å²) in [5.74, 6) is 0. The van der Waals surface area contributed by atoms with Gasteiger partial charge in [0.15, 0.2) is 0 Å². The highest BCUT2D eigenvalue weighted by molar-refractivity contribution is 7.65. The summed E-state index contributed by atoms with van der Waals surface area (Å²) in [7, 11) is 0.0684. The minimum Gasteiger partial charge on any atom is -0.338 e. The number of rotatable bonds is 2. The molecule has 0 aromatic carbocycles. The van der Waals surface area contributed by atoms with Crippen molar-refractivity contribution < 1.29 is 4.31 Å². The van der Waals surface area contributed by atoms with Gasteiger partial charge in [0, 0.05) is 16.3 Å². The summed E-state index contributed by atoms with van der Waals surface area (Å²) in [5, 5.41) is 0. The van der Waals surface area contributed by atoms with Crippen molar-refractivity contribution in [3.8, 4) is 0 Å².